The van der Waals surface area contributed by atoms with Crippen molar-refractivity contribution < 1.29 is 7.48 Å². The summed E-state index contributed by atoms with van der Waals surface area (Å²) in [5.74, 6) is -0.0611. The molecule has 0 atom stereocenters. The van der Waals surface area contributed by atoms with Crippen molar-refractivity contribution in [2.75, 3.05) is 0 Å². The molecule has 3 heteroatoms. The van der Waals surface area contributed by atoms with Crippen molar-refractivity contribution in [3.05, 3.63) is 91.0 Å². The molecular weight excluding hydrogens is 576 g/mol. The molecule has 2 nitrogen and oxygen atoms in total. The third-order valence-electron chi connectivity index (χ3n) is 5.62. The van der Waals surface area contributed by atoms with Crippen molar-refractivity contribution in [1.82, 2.24) is 0 Å². The summed E-state index contributed by atoms with van der Waals surface area (Å²) in [6, 6.07) is 31.2. The van der Waals surface area contributed by atoms with Gasteiger partial charge in [0.1, 0.15) is 0 Å². The zero-order valence-corrected chi connectivity index (χ0v) is 22.9. The van der Waals surface area contributed by atoms with Gasteiger partial charge in [0.2, 0.25) is 0 Å². The Morgan fingerprint density at radius 3 is 1.48 bits per heavy atom. The van der Waals surface area contributed by atoms with E-state index in [-0.39, 0.29) is 5.97 Å². The van der Waals surface area contributed by atoms with Crippen LogP contribution in [0, 0.1) is 5.41 Å². The van der Waals surface area contributed by atoms with Crippen molar-refractivity contribution in [3.63, 3.8) is 0 Å². The molecule has 0 aliphatic heterocycles. The summed E-state index contributed by atoms with van der Waals surface area (Å²) in [4.78, 5) is 13.2. The van der Waals surface area contributed by atoms with E-state index in [2.05, 4.69) is 93.6 Å². The van der Waals surface area contributed by atoms with E-state index in [1.54, 1.807) is 0 Å². The number of carbonyl (C=O) groups is 1. The summed E-state index contributed by atoms with van der Waals surface area (Å²) in [7, 11) is 0. The van der Waals surface area contributed by atoms with E-state index in [0.29, 0.717) is 11.8 Å². The molecule has 0 saturated heterocycles. The Morgan fingerprint density at radius 1 is 0.677 bits per heavy atom. The molecule has 3 aromatic rings. The number of hydrogen-bond acceptors (Lipinski definition) is 2. The van der Waals surface area contributed by atoms with Crippen LogP contribution in [0.4, 0.5) is 0 Å². The molecule has 0 unspecified atom stereocenters. The zero-order valence-electron chi connectivity index (χ0n) is 19.0. The summed E-state index contributed by atoms with van der Waals surface area (Å²) in [6.07, 6.45) is 4.78. The Labute approximate surface area is 193 Å². The molecule has 0 radical (unpaired) electrons. The predicted octanol–water partition coefficient (Wildman–Crippen LogP) is 5.19. The van der Waals surface area contributed by atoms with Crippen LogP contribution in [0.15, 0.2) is 91.0 Å². The number of rotatable bonds is 9. The summed E-state index contributed by atoms with van der Waals surface area (Å²) < 4.78 is 10.2. The van der Waals surface area contributed by atoms with Crippen molar-refractivity contribution in [2.45, 2.75) is 52.9 Å². The third kappa shape index (κ3) is 6.52. The fourth-order valence-electron chi connectivity index (χ4n) is 4.02. The van der Waals surface area contributed by atoms with Gasteiger partial charge in [0, 0.05) is 0 Å². The van der Waals surface area contributed by atoms with Crippen LogP contribution in [-0.4, -0.2) is 27.6 Å². The van der Waals surface area contributed by atoms with Gasteiger partial charge in [0.15, 0.2) is 0 Å². The van der Waals surface area contributed by atoms with Crippen LogP contribution in [0.2, 0.25) is 0 Å². The normalized spacial score (nSPS) is 11.8. The van der Waals surface area contributed by atoms with Gasteiger partial charge in [-0.05, 0) is 0 Å². The Bertz CT molecular complexity index is 834. The van der Waals surface area contributed by atoms with Crippen LogP contribution < -0.4 is 9.37 Å². The third-order valence-corrected chi connectivity index (χ3v) is 21.1. The first-order valence-corrected chi connectivity index (χ1v) is 18.7. The SMILES string of the molecule is CC(C)(C)CCCCCC(=O)[O][Pb]([c]1ccccc1)([c]1ccccc1)[c]1ccccc1. The number of hydrogen-bond donors (Lipinski definition) is 0. The molecule has 31 heavy (non-hydrogen) atoms. The standard InChI is InChI=1S/C10H20O2.3C6H5.Pb/c1-10(2,3)8-6-4-5-7-9(11)12;3*1-2-4-6-5-3-1;/h4-8H2,1-3H3,(H,11,12);3*1-5H;/q;;;;+1/p-1. The number of carbonyl (C=O) groups excluding carboxylic acids is 1. The second-order valence-electron chi connectivity index (χ2n) is 9.37. The average molecular weight is 610 g/mol. The van der Waals surface area contributed by atoms with Crippen LogP contribution in [0.3, 0.4) is 0 Å². The molecule has 0 N–H and O–H groups in total. The van der Waals surface area contributed by atoms with Gasteiger partial charge in [0.05, 0.1) is 0 Å². The van der Waals surface area contributed by atoms with Gasteiger partial charge >= 0.3 is 194 Å². The summed E-state index contributed by atoms with van der Waals surface area (Å²) >= 11 is -4.12. The van der Waals surface area contributed by atoms with E-state index in [4.69, 9.17) is 2.69 Å². The molecule has 0 aliphatic rings. The van der Waals surface area contributed by atoms with Gasteiger partial charge in [-0.3, -0.25) is 0 Å². The molecule has 0 bridgehead atoms. The maximum atomic E-state index is 13.2. The molecule has 0 aromatic heterocycles. The Balaban J connectivity index is 1.89. The zero-order chi connectivity index (χ0) is 22.2. The van der Waals surface area contributed by atoms with E-state index < -0.39 is 21.6 Å². The summed E-state index contributed by atoms with van der Waals surface area (Å²) in [5.41, 5.74) is 0.348. The van der Waals surface area contributed by atoms with E-state index in [9.17, 15) is 4.79 Å². The Morgan fingerprint density at radius 2 is 1.10 bits per heavy atom. The van der Waals surface area contributed by atoms with Crippen LogP contribution in [-0.2, 0) is 7.48 Å². The monoisotopic (exact) mass is 610 g/mol. The van der Waals surface area contributed by atoms with Gasteiger partial charge in [-0.25, -0.2) is 0 Å². The van der Waals surface area contributed by atoms with Gasteiger partial charge in [-0.15, -0.1) is 0 Å². The molecule has 162 valence electrons. The van der Waals surface area contributed by atoms with Gasteiger partial charge in [-0.2, -0.15) is 0 Å². The summed E-state index contributed by atoms with van der Waals surface area (Å²) in [6.45, 7) is 6.80. The van der Waals surface area contributed by atoms with Gasteiger partial charge in [0.25, 0.3) is 0 Å². The second kappa shape index (κ2) is 11.1. The van der Waals surface area contributed by atoms with Crippen LogP contribution in [0.25, 0.3) is 0 Å². The van der Waals surface area contributed by atoms with Crippen LogP contribution in [0.5, 0.6) is 0 Å². The number of unbranched alkanes of at least 4 members (excludes halogenated alkanes) is 2. The molecule has 0 aliphatic carbocycles. The molecular formula is C28H34O2Pb. The topological polar surface area (TPSA) is 26.3 Å². The minimum absolute atomic E-state index is 0.0611. The predicted molar refractivity (Wildman–Crippen MR) is 133 cm³/mol. The van der Waals surface area contributed by atoms with E-state index in [1.807, 2.05) is 18.2 Å². The van der Waals surface area contributed by atoms with Crippen molar-refractivity contribution >= 4 is 37.0 Å². The quantitative estimate of drug-likeness (QED) is 0.247. The molecule has 3 rings (SSSR count). The molecule has 0 saturated carbocycles. The fourth-order valence-corrected chi connectivity index (χ4v) is 18.7. The van der Waals surface area contributed by atoms with Crippen molar-refractivity contribution in [1.29, 1.82) is 0 Å². The Hall–Kier alpha value is -1.95. The molecule has 3 aromatic carbocycles. The van der Waals surface area contributed by atoms with Crippen LogP contribution in [0.1, 0.15) is 52.9 Å². The van der Waals surface area contributed by atoms with E-state index in [0.717, 1.165) is 19.3 Å². The first-order valence-electron chi connectivity index (χ1n) is 11.3. The average Bonchev–Trinajstić information content (AvgIpc) is 2.78. The maximum absolute atomic E-state index is 13.2. The molecule has 0 fully saturated rings. The molecule has 0 amide bonds. The minimum atomic E-state index is -4.12. The van der Waals surface area contributed by atoms with Crippen molar-refractivity contribution in [3.8, 4) is 0 Å². The van der Waals surface area contributed by atoms with Crippen LogP contribution >= 0.6 is 0 Å². The molecule has 0 heterocycles. The van der Waals surface area contributed by atoms with Gasteiger partial charge < -0.3 is 0 Å². The second-order valence-corrected chi connectivity index (χ2v) is 22.2. The first kappa shape index (κ1) is 23.7. The Kier molecular flexibility index (Phi) is 8.47. The first-order chi connectivity index (χ1) is 14.9. The van der Waals surface area contributed by atoms with Crippen molar-refractivity contribution in [2.24, 2.45) is 5.41 Å². The van der Waals surface area contributed by atoms with Gasteiger partial charge in [-0.1, -0.05) is 0 Å². The van der Waals surface area contributed by atoms with E-state index in [1.165, 1.54) is 15.8 Å². The summed E-state index contributed by atoms with van der Waals surface area (Å²) in [5, 5.41) is 0. The van der Waals surface area contributed by atoms with E-state index >= 15 is 0 Å². The number of benzene rings is 3. The molecule has 0 spiro atoms. The fraction of sp³-hybridized carbons (Fsp3) is 0.321.